The van der Waals surface area contributed by atoms with Gasteiger partial charge in [0, 0.05) is 0 Å². The SMILES string of the molecule is CCCOC(C)Oc1ccc(CCC(C)C)cc1. The molecule has 0 aliphatic carbocycles. The lowest BCUT2D eigenvalue weighted by Crippen LogP contribution is -2.16. The highest BCUT2D eigenvalue weighted by atomic mass is 16.7. The third-order valence-corrected chi connectivity index (χ3v) is 2.79. The Morgan fingerprint density at radius 3 is 2.28 bits per heavy atom. The average Bonchev–Trinajstić information content (AvgIpc) is 2.35. The first-order valence-corrected chi connectivity index (χ1v) is 6.99. The predicted molar refractivity (Wildman–Crippen MR) is 75.9 cm³/mol. The molecular formula is C16H26O2. The molecule has 0 saturated heterocycles. The fourth-order valence-corrected chi connectivity index (χ4v) is 1.70. The Kier molecular flexibility index (Phi) is 6.81. The maximum atomic E-state index is 5.67. The van der Waals surface area contributed by atoms with Gasteiger partial charge < -0.3 is 9.47 Å². The molecule has 2 nitrogen and oxygen atoms in total. The van der Waals surface area contributed by atoms with Crippen molar-refractivity contribution < 1.29 is 9.47 Å². The second-order valence-corrected chi connectivity index (χ2v) is 5.13. The van der Waals surface area contributed by atoms with Crippen LogP contribution >= 0.6 is 0 Å². The summed E-state index contributed by atoms with van der Waals surface area (Å²) in [6.45, 7) is 9.28. The fourth-order valence-electron chi connectivity index (χ4n) is 1.70. The molecule has 0 aliphatic heterocycles. The van der Waals surface area contributed by atoms with Crippen molar-refractivity contribution in [2.75, 3.05) is 6.61 Å². The lowest BCUT2D eigenvalue weighted by Gasteiger charge is -2.15. The Hall–Kier alpha value is -1.02. The van der Waals surface area contributed by atoms with Gasteiger partial charge in [0.1, 0.15) is 5.75 Å². The fraction of sp³-hybridized carbons (Fsp3) is 0.625. The van der Waals surface area contributed by atoms with Crippen LogP contribution < -0.4 is 4.74 Å². The van der Waals surface area contributed by atoms with Crippen LogP contribution in [0.4, 0.5) is 0 Å². The minimum absolute atomic E-state index is 0.175. The molecule has 1 atom stereocenters. The molecule has 0 aliphatic rings. The number of hydrogen-bond acceptors (Lipinski definition) is 2. The van der Waals surface area contributed by atoms with Crippen LogP contribution in [0.25, 0.3) is 0 Å². The average molecular weight is 250 g/mol. The smallest absolute Gasteiger partial charge is 0.196 e. The maximum absolute atomic E-state index is 5.67. The number of benzene rings is 1. The van der Waals surface area contributed by atoms with E-state index in [9.17, 15) is 0 Å². The highest BCUT2D eigenvalue weighted by Crippen LogP contribution is 2.16. The quantitative estimate of drug-likeness (QED) is 0.636. The van der Waals surface area contributed by atoms with Gasteiger partial charge in [-0.3, -0.25) is 0 Å². The van der Waals surface area contributed by atoms with Crippen molar-refractivity contribution in [3.8, 4) is 5.75 Å². The first-order chi connectivity index (χ1) is 8.61. The number of ether oxygens (including phenoxy) is 2. The summed E-state index contributed by atoms with van der Waals surface area (Å²) < 4.78 is 11.2. The summed E-state index contributed by atoms with van der Waals surface area (Å²) in [7, 11) is 0. The van der Waals surface area contributed by atoms with Crippen molar-refractivity contribution in [3.05, 3.63) is 29.8 Å². The molecule has 0 aromatic heterocycles. The molecule has 18 heavy (non-hydrogen) atoms. The van der Waals surface area contributed by atoms with Crippen LogP contribution in [0.3, 0.4) is 0 Å². The summed E-state index contributed by atoms with van der Waals surface area (Å²) in [6, 6.07) is 8.34. The molecule has 102 valence electrons. The summed E-state index contributed by atoms with van der Waals surface area (Å²) in [5.74, 6) is 1.63. The Labute approximate surface area is 111 Å². The molecule has 0 saturated carbocycles. The van der Waals surface area contributed by atoms with Gasteiger partial charge in [-0.25, -0.2) is 0 Å². The second kappa shape index (κ2) is 8.15. The van der Waals surface area contributed by atoms with E-state index in [4.69, 9.17) is 9.47 Å². The van der Waals surface area contributed by atoms with Gasteiger partial charge in [0.15, 0.2) is 6.29 Å². The Morgan fingerprint density at radius 2 is 1.72 bits per heavy atom. The number of hydrogen-bond donors (Lipinski definition) is 0. The molecule has 0 heterocycles. The Bertz CT molecular complexity index is 316. The Morgan fingerprint density at radius 1 is 1.06 bits per heavy atom. The van der Waals surface area contributed by atoms with Crippen molar-refractivity contribution in [1.82, 2.24) is 0 Å². The van der Waals surface area contributed by atoms with Crippen LogP contribution in [0.1, 0.15) is 46.1 Å². The van der Waals surface area contributed by atoms with Gasteiger partial charge >= 0.3 is 0 Å². The highest BCUT2D eigenvalue weighted by Gasteiger charge is 2.03. The van der Waals surface area contributed by atoms with E-state index in [2.05, 4.69) is 32.9 Å². The van der Waals surface area contributed by atoms with Crippen LogP contribution in [-0.4, -0.2) is 12.9 Å². The first-order valence-electron chi connectivity index (χ1n) is 6.99. The van der Waals surface area contributed by atoms with E-state index < -0.39 is 0 Å². The van der Waals surface area contributed by atoms with E-state index in [1.54, 1.807) is 0 Å². The standard InChI is InChI=1S/C16H26O2/c1-5-12-17-14(4)18-16-10-8-15(9-11-16)7-6-13(2)3/h8-11,13-14H,5-7,12H2,1-4H3. The highest BCUT2D eigenvalue weighted by molar-refractivity contribution is 5.27. The monoisotopic (exact) mass is 250 g/mol. The lowest BCUT2D eigenvalue weighted by molar-refractivity contribution is -0.0663. The summed E-state index contributed by atoms with van der Waals surface area (Å²) in [5.41, 5.74) is 1.37. The predicted octanol–water partition coefficient (Wildman–Crippen LogP) is 4.43. The normalized spacial score (nSPS) is 12.7. The second-order valence-electron chi connectivity index (χ2n) is 5.13. The van der Waals surface area contributed by atoms with Crippen molar-refractivity contribution in [1.29, 1.82) is 0 Å². The van der Waals surface area contributed by atoms with E-state index in [-0.39, 0.29) is 6.29 Å². The molecule has 0 radical (unpaired) electrons. The number of aryl methyl sites for hydroxylation is 1. The summed E-state index contributed by atoms with van der Waals surface area (Å²) >= 11 is 0. The summed E-state index contributed by atoms with van der Waals surface area (Å²) in [4.78, 5) is 0. The van der Waals surface area contributed by atoms with Crippen molar-refractivity contribution in [2.24, 2.45) is 5.92 Å². The van der Waals surface area contributed by atoms with Gasteiger partial charge in [-0.2, -0.15) is 0 Å². The van der Waals surface area contributed by atoms with E-state index >= 15 is 0 Å². The lowest BCUT2D eigenvalue weighted by atomic mass is 10.0. The van der Waals surface area contributed by atoms with Gasteiger partial charge in [0.25, 0.3) is 0 Å². The molecule has 0 spiro atoms. The van der Waals surface area contributed by atoms with Crippen LogP contribution in [0, 0.1) is 5.92 Å². The zero-order chi connectivity index (χ0) is 13.4. The molecule has 1 aromatic carbocycles. The number of rotatable bonds is 8. The maximum Gasteiger partial charge on any atom is 0.196 e. The van der Waals surface area contributed by atoms with Crippen molar-refractivity contribution in [2.45, 2.75) is 53.2 Å². The van der Waals surface area contributed by atoms with Gasteiger partial charge in [-0.1, -0.05) is 32.9 Å². The zero-order valence-electron chi connectivity index (χ0n) is 12.1. The van der Waals surface area contributed by atoms with E-state index in [1.165, 1.54) is 12.0 Å². The molecular weight excluding hydrogens is 224 g/mol. The van der Waals surface area contributed by atoms with Crippen LogP contribution in [-0.2, 0) is 11.2 Å². The third kappa shape index (κ3) is 6.06. The first kappa shape index (κ1) is 15.0. The van der Waals surface area contributed by atoms with Crippen molar-refractivity contribution in [3.63, 3.8) is 0 Å². The van der Waals surface area contributed by atoms with Gasteiger partial charge in [-0.05, 0) is 49.8 Å². The molecule has 1 rings (SSSR count). The minimum atomic E-state index is -0.175. The largest absolute Gasteiger partial charge is 0.465 e. The van der Waals surface area contributed by atoms with E-state index in [1.807, 2.05) is 19.1 Å². The van der Waals surface area contributed by atoms with Crippen molar-refractivity contribution >= 4 is 0 Å². The van der Waals surface area contributed by atoms with Gasteiger partial charge in [0.05, 0.1) is 6.61 Å². The van der Waals surface area contributed by atoms with E-state index in [0.29, 0.717) is 0 Å². The van der Waals surface area contributed by atoms with Crippen LogP contribution in [0.15, 0.2) is 24.3 Å². The topological polar surface area (TPSA) is 18.5 Å². The molecule has 0 amide bonds. The minimum Gasteiger partial charge on any atom is -0.465 e. The van der Waals surface area contributed by atoms with Crippen LogP contribution in [0.5, 0.6) is 5.75 Å². The third-order valence-electron chi connectivity index (χ3n) is 2.79. The van der Waals surface area contributed by atoms with Gasteiger partial charge in [-0.15, -0.1) is 0 Å². The Balaban J connectivity index is 2.39. The molecule has 1 aromatic rings. The molecule has 2 heteroatoms. The molecule has 1 unspecified atom stereocenters. The van der Waals surface area contributed by atoms with Crippen LogP contribution in [0.2, 0.25) is 0 Å². The summed E-state index contributed by atoms with van der Waals surface area (Å²) in [6.07, 6.45) is 3.21. The van der Waals surface area contributed by atoms with Gasteiger partial charge in [0.2, 0.25) is 0 Å². The van der Waals surface area contributed by atoms with E-state index in [0.717, 1.165) is 31.1 Å². The molecule has 0 N–H and O–H groups in total. The zero-order valence-corrected chi connectivity index (χ0v) is 12.1. The molecule has 0 fully saturated rings. The summed E-state index contributed by atoms with van der Waals surface area (Å²) in [5, 5.41) is 0. The molecule has 0 bridgehead atoms.